The molecular weight excluding hydrogens is 324 g/mol. The molecule has 122 valence electrons. The minimum atomic E-state index is -0.279. The van der Waals surface area contributed by atoms with E-state index in [1.54, 1.807) is 6.92 Å². The van der Waals surface area contributed by atoms with Crippen LogP contribution in [0.1, 0.15) is 25.5 Å². The third-order valence-corrected chi connectivity index (χ3v) is 5.11. The number of aromatic nitrogens is 1. The zero-order valence-corrected chi connectivity index (χ0v) is 14.1. The highest BCUT2D eigenvalue weighted by Crippen LogP contribution is 2.22. The molecule has 8 heteroatoms. The molecule has 6 nitrogen and oxygen atoms in total. The molecule has 0 unspecified atom stereocenters. The van der Waals surface area contributed by atoms with Crippen LogP contribution in [0.25, 0.3) is 0 Å². The molecule has 0 aromatic carbocycles. The van der Waals surface area contributed by atoms with Crippen molar-refractivity contribution in [1.29, 1.82) is 0 Å². The first-order chi connectivity index (χ1) is 10.7. The summed E-state index contributed by atoms with van der Waals surface area (Å²) in [6, 6.07) is 0. The van der Waals surface area contributed by atoms with E-state index in [0.29, 0.717) is 24.6 Å². The lowest BCUT2D eigenvalue weighted by Gasteiger charge is -2.10. The minimum absolute atomic E-state index is 0.0253. The van der Waals surface area contributed by atoms with E-state index in [9.17, 15) is 9.59 Å². The number of thiazole rings is 1. The lowest BCUT2D eigenvalue weighted by Crippen LogP contribution is -2.32. The Labute approximate surface area is 138 Å². The summed E-state index contributed by atoms with van der Waals surface area (Å²) in [4.78, 5) is 27.4. The van der Waals surface area contributed by atoms with Crippen molar-refractivity contribution in [1.82, 2.24) is 10.3 Å². The first-order valence-corrected chi connectivity index (χ1v) is 9.15. The van der Waals surface area contributed by atoms with Crippen molar-refractivity contribution in [2.75, 3.05) is 25.5 Å². The summed E-state index contributed by atoms with van der Waals surface area (Å²) in [6.07, 6.45) is 2.41. The number of thioether (sulfide) groups is 1. The van der Waals surface area contributed by atoms with E-state index < -0.39 is 0 Å². The van der Waals surface area contributed by atoms with Gasteiger partial charge in [-0.25, -0.2) is 4.98 Å². The Balaban J connectivity index is 1.66. The molecular formula is C14H20N2O4S2. The molecule has 1 fully saturated rings. The SMILES string of the molecule is CCOC(=O)Cc1csc(SCC(=O)NC[C@H]2CCCO2)n1. The van der Waals surface area contributed by atoms with E-state index in [2.05, 4.69) is 10.3 Å². The standard InChI is InChI=1S/C14H20N2O4S2/c1-2-19-13(18)6-10-8-21-14(16-10)22-9-12(17)15-7-11-4-3-5-20-11/h8,11H,2-7,9H2,1H3,(H,15,17)/t11-/m1/s1. The van der Waals surface area contributed by atoms with E-state index in [1.807, 2.05) is 5.38 Å². The van der Waals surface area contributed by atoms with Crippen molar-refractivity contribution in [2.24, 2.45) is 0 Å². The van der Waals surface area contributed by atoms with E-state index in [4.69, 9.17) is 9.47 Å². The fourth-order valence-corrected chi connectivity index (χ4v) is 3.68. The fraction of sp³-hybridized carbons (Fsp3) is 0.643. The van der Waals surface area contributed by atoms with Gasteiger partial charge in [-0.15, -0.1) is 11.3 Å². The molecule has 1 aromatic rings. The number of nitrogens with one attached hydrogen (secondary N) is 1. The van der Waals surface area contributed by atoms with Gasteiger partial charge in [0.1, 0.15) is 0 Å². The summed E-state index contributed by atoms with van der Waals surface area (Å²) < 4.78 is 11.1. The number of carbonyl (C=O) groups excluding carboxylic acids is 2. The molecule has 0 aliphatic carbocycles. The summed E-state index contributed by atoms with van der Waals surface area (Å²) >= 11 is 2.81. The molecule has 1 amide bonds. The molecule has 0 spiro atoms. The van der Waals surface area contributed by atoms with Crippen LogP contribution >= 0.6 is 23.1 Å². The number of rotatable bonds is 8. The Morgan fingerprint density at radius 2 is 2.45 bits per heavy atom. The van der Waals surface area contributed by atoms with Crippen LogP contribution in [-0.4, -0.2) is 48.5 Å². The summed E-state index contributed by atoms with van der Waals surface area (Å²) in [5.41, 5.74) is 0.686. The first-order valence-electron chi connectivity index (χ1n) is 7.28. The van der Waals surface area contributed by atoms with Crippen LogP contribution in [0.5, 0.6) is 0 Å². The second-order valence-corrected chi connectivity index (χ2v) is 6.89. The molecule has 0 saturated carbocycles. The van der Waals surface area contributed by atoms with Gasteiger partial charge in [-0.3, -0.25) is 9.59 Å². The van der Waals surface area contributed by atoms with Gasteiger partial charge in [0, 0.05) is 18.5 Å². The fourth-order valence-electron chi connectivity index (χ4n) is 2.01. The number of hydrogen-bond acceptors (Lipinski definition) is 7. The van der Waals surface area contributed by atoms with Crippen LogP contribution < -0.4 is 5.32 Å². The Morgan fingerprint density at radius 1 is 1.59 bits per heavy atom. The van der Waals surface area contributed by atoms with Gasteiger partial charge in [0.2, 0.25) is 5.91 Å². The zero-order valence-electron chi connectivity index (χ0n) is 12.5. The van der Waals surface area contributed by atoms with Crippen molar-refractivity contribution >= 4 is 35.0 Å². The highest BCUT2D eigenvalue weighted by atomic mass is 32.2. The Hall–Kier alpha value is -1.12. The lowest BCUT2D eigenvalue weighted by atomic mass is 10.2. The van der Waals surface area contributed by atoms with E-state index in [1.165, 1.54) is 23.1 Å². The molecule has 1 saturated heterocycles. The molecule has 0 radical (unpaired) electrons. The first kappa shape index (κ1) is 17.2. The van der Waals surface area contributed by atoms with Gasteiger partial charge < -0.3 is 14.8 Å². The van der Waals surface area contributed by atoms with Gasteiger partial charge in [-0.1, -0.05) is 11.8 Å². The maximum Gasteiger partial charge on any atom is 0.311 e. The molecule has 2 rings (SSSR count). The van der Waals surface area contributed by atoms with E-state index >= 15 is 0 Å². The summed E-state index contributed by atoms with van der Waals surface area (Å²) in [7, 11) is 0. The highest BCUT2D eigenvalue weighted by Gasteiger charge is 2.16. The van der Waals surface area contributed by atoms with Crippen molar-refractivity contribution in [2.45, 2.75) is 36.6 Å². The van der Waals surface area contributed by atoms with Crippen LogP contribution in [-0.2, 0) is 25.5 Å². The zero-order chi connectivity index (χ0) is 15.8. The van der Waals surface area contributed by atoms with Crippen molar-refractivity contribution in [3.63, 3.8) is 0 Å². The molecule has 0 bridgehead atoms. The number of carbonyl (C=O) groups is 2. The predicted octanol–water partition coefficient (Wildman–Crippen LogP) is 1.64. The monoisotopic (exact) mass is 344 g/mol. The number of hydrogen-bond donors (Lipinski definition) is 1. The average Bonchev–Trinajstić information content (AvgIpc) is 3.14. The molecule has 1 atom stereocenters. The maximum atomic E-state index is 11.8. The molecule has 22 heavy (non-hydrogen) atoms. The number of esters is 1. The van der Waals surface area contributed by atoms with Crippen LogP contribution in [0.4, 0.5) is 0 Å². The normalized spacial score (nSPS) is 17.4. The molecule has 2 heterocycles. The van der Waals surface area contributed by atoms with Gasteiger partial charge in [0.15, 0.2) is 4.34 Å². The van der Waals surface area contributed by atoms with Gasteiger partial charge in [-0.2, -0.15) is 0 Å². The highest BCUT2D eigenvalue weighted by molar-refractivity contribution is 8.01. The van der Waals surface area contributed by atoms with Crippen LogP contribution in [0.2, 0.25) is 0 Å². The lowest BCUT2D eigenvalue weighted by molar-refractivity contribution is -0.142. The summed E-state index contributed by atoms with van der Waals surface area (Å²) in [5.74, 6) is 0.0142. The van der Waals surface area contributed by atoms with Crippen molar-refractivity contribution in [3.05, 3.63) is 11.1 Å². The van der Waals surface area contributed by atoms with E-state index in [0.717, 1.165) is 23.8 Å². The van der Waals surface area contributed by atoms with Crippen molar-refractivity contribution in [3.8, 4) is 0 Å². The Kier molecular flexibility index (Phi) is 7.14. The summed E-state index contributed by atoms with van der Waals surface area (Å²) in [5, 5.41) is 4.69. The smallest absolute Gasteiger partial charge is 0.311 e. The summed E-state index contributed by atoms with van der Waals surface area (Å²) in [6.45, 7) is 3.51. The third-order valence-electron chi connectivity index (χ3n) is 3.04. The Bertz CT molecular complexity index is 501. The topological polar surface area (TPSA) is 77.5 Å². The second-order valence-electron chi connectivity index (χ2n) is 4.81. The maximum absolute atomic E-state index is 11.8. The molecule has 1 aliphatic rings. The molecule has 1 N–H and O–H groups in total. The largest absolute Gasteiger partial charge is 0.466 e. The molecule has 1 aromatic heterocycles. The van der Waals surface area contributed by atoms with Gasteiger partial charge in [0.05, 0.1) is 30.6 Å². The predicted molar refractivity (Wildman–Crippen MR) is 85.2 cm³/mol. The van der Waals surface area contributed by atoms with E-state index in [-0.39, 0.29) is 24.4 Å². The quantitative estimate of drug-likeness (QED) is 0.571. The average molecular weight is 344 g/mol. The number of ether oxygens (including phenoxy) is 2. The third kappa shape index (κ3) is 5.94. The van der Waals surface area contributed by atoms with Gasteiger partial charge >= 0.3 is 5.97 Å². The van der Waals surface area contributed by atoms with Crippen LogP contribution in [0, 0.1) is 0 Å². The second kappa shape index (κ2) is 9.12. The Morgan fingerprint density at radius 3 is 3.18 bits per heavy atom. The number of amides is 1. The van der Waals surface area contributed by atoms with Crippen LogP contribution in [0.3, 0.4) is 0 Å². The van der Waals surface area contributed by atoms with Crippen molar-refractivity contribution < 1.29 is 19.1 Å². The molecule has 1 aliphatic heterocycles. The minimum Gasteiger partial charge on any atom is -0.466 e. The number of nitrogens with zero attached hydrogens (tertiary/aromatic N) is 1. The van der Waals surface area contributed by atoms with Gasteiger partial charge in [-0.05, 0) is 19.8 Å². The van der Waals surface area contributed by atoms with Gasteiger partial charge in [0.25, 0.3) is 0 Å². The van der Waals surface area contributed by atoms with Crippen LogP contribution in [0.15, 0.2) is 9.72 Å².